The molecule has 166 valence electrons. The van der Waals surface area contributed by atoms with Crippen LogP contribution in [0.3, 0.4) is 0 Å². The number of ether oxygens (including phenoxy) is 1. The predicted molar refractivity (Wildman–Crippen MR) is 129 cm³/mol. The molecule has 1 fully saturated rings. The number of nitrogens with zero attached hydrogens (tertiary/aromatic N) is 2. The second-order valence-electron chi connectivity index (χ2n) is 7.56. The molecule has 6 nitrogen and oxygen atoms in total. The molecule has 2 aromatic rings. The van der Waals surface area contributed by atoms with Crippen molar-refractivity contribution in [2.75, 3.05) is 24.2 Å². The van der Waals surface area contributed by atoms with Crippen LogP contribution in [0, 0.1) is 0 Å². The lowest BCUT2D eigenvalue weighted by Gasteiger charge is -2.41. The number of aliphatic imine (C=N–C) groups is 1. The summed E-state index contributed by atoms with van der Waals surface area (Å²) in [5.41, 5.74) is 3.81. The van der Waals surface area contributed by atoms with Crippen molar-refractivity contribution in [1.82, 2.24) is 4.90 Å². The largest absolute Gasteiger partial charge is 0.463 e. The highest BCUT2D eigenvalue weighted by molar-refractivity contribution is 8.13. The Bertz CT molecular complexity index is 1050. The van der Waals surface area contributed by atoms with E-state index in [4.69, 9.17) is 9.73 Å². The number of carbonyl (C=O) groups is 2. The Morgan fingerprint density at radius 2 is 1.88 bits per heavy atom. The van der Waals surface area contributed by atoms with Crippen LogP contribution in [0.5, 0.6) is 0 Å². The summed E-state index contributed by atoms with van der Waals surface area (Å²) in [5.74, 6) is 0.620. The molecule has 0 bridgehead atoms. The van der Waals surface area contributed by atoms with Crippen LogP contribution in [0.4, 0.5) is 5.69 Å². The standard InChI is InChI=1S/C25H27N3O3S/c1-3-20(29)26-19-13-11-18(12-14-19)23-21(24(30)31-4-2)22(17-9-6-5-7-10-17)27-25-28(23)15-8-16-32-25/h5-7,9-14,23H,3-4,8,15-16H2,1-2H3,(H,26,29). The van der Waals surface area contributed by atoms with Crippen LogP contribution < -0.4 is 5.32 Å². The smallest absolute Gasteiger partial charge is 0.338 e. The van der Waals surface area contributed by atoms with Gasteiger partial charge in [-0.1, -0.05) is 61.2 Å². The van der Waals surface area contributed by atoms with E-state index in [2.05, 4.69) is 10.2 Å². The van der Waals surface area contributed by atoms with E-state index in [-0.39, 0.29) is 17.9 Å². The number of anilines is 1. The minimum atomic E-state index is -0.349. The molecule has 7 heteroatoms. The van der Waals surface area contributed by atoms with E-state index in [1.807, 2.05) is 68.4 Å². The molecule has 0 aliphatic carbocycles. The minimum Gasteiger partial charge on any atom is -0.463 e. The molecule has 4 rings (SSSR count). The number of amidine groups is 1. The number of esters is 1. The van der Waals surface area contributed by atoms with Crippen LogP contribution in [0.15, 0.2) is 65.2 Å². The summed E-state index contributed by atoms with van der Waals surface area (Å²) in [6, 6.07) is 17.2. The third-order valence-electron chi connectivity index (χ3n) is 5.44. The van der Waals surface area contributed by atoms with E-state index in [0.717, 1.165) is 40.7 Å². The fourth-order valence-electron chi connectivity index (χ4n) is 3.93. The number of hydrogen-bond donors (Lipinski definition) is 1. The average molecular weight is 450 g/mol. The second kappa shape index (κ2) is 10.0. The lowest BCUT2D eigenvalue weighted by molar-refractivity contribution is -0.139. The van der Waals surface area contributed by atoms with Crippen LogP contribution in [0.2, 0.25) is 0 Å². The Labute approximate surface area is 192 Å². The van der Waals surface area contributed by atoms with Gasteiger partial charge < -0.3 is 15.0 Å². The van der Waals surface area contributed by atoms with Gasteiger partial charge in [-0.2, -0.15) is 0 Å². The molecule has 0 radical (unpaired) electrons. The molecule has 0 saturated carbocycles. The van der Waals surface area contributed by atoms with E-state index in [0.29, 0.717) is 24.3 Å². The maximum Gasteiger partial charge on any atom is 0.338 e. The van der Waals surface area contributed by atoms with Gasteiger partial charge in [0.1, 0.15) is 0 Å². The molecule has 1 N–H and O–H groups in total. The summed E-state index contributed by atoms with van der Waals surface area (Å²) in [6.07, 6.45) is 1.44. The summed E-state index contributed by atoms with van der Waals surface area (Å²) in [4.78, 5) is 32.1. The van der Waals surface area contributed by atoms with Crippen LogP contribution in [0.1, 0.15) is 43.9 Å². The summed E-state index contributed by atoms with van der Waals surface area (Å²) >= 11 is 1.72. The zero-order valence-corrected chi connectivity index (χ0v) is 19.2. The van der Waals surface area contributed by atoms with E-state index < -0.39 is 0 Å². The fraction of sp³-hybridized carbons (Fsp3) is 0.320. The zero-order valence-electron chi connectivity index (χ0n) is 18.3. The quantitative estimate of drug-likeness (QED) is 0.638. The van der Waals surface area contributed by atoms with Crippen molar-refractivity contribution in [3.8, 4) is 0 Å². The Hall–Kier alpha value is -3.06. The molecule has 32 heavy (non-hydrogen) atoms. The molecule has 1 saturated heterocycles. The van der Waals surface area contributed by atoms with Crippen LogP contribution in [-0.2, 0) is 14.3 Å². The number of amides is 1. The SMILES string of the molecule is CCOC(=O)C1=C(c2ccccc2)N=C2SCCCN2C1c1ccc(NC(=O)CC)cc1. The van der Waals surface area contributed by atoms with Crippen LogP contribution in [0.25, 0.3) is 5.70 Å². The van der Waals surface area contributed by atoms with Gasteiger partial charge in [0.15, 0.2) is 5.17 Å². The Kier molecular flexibility index (Phi) is 6.95. The summed E-state index contributed by atoms with van der Waals surface area (Å²) < 4.78 is 5.50. The van der Waals surface area contributed by atoms with Gasteiger partial charge >= 0.3 is 5.97 Å². The van der Waals surface area contributed by atoms with Crippen molar-refractivity contribution in [3.05, 3.63) is 71.3 Å². The van der Waals surface area contributed by atoms with Crippen molar-refractivity contribution in [1.29, 1.82) is 0 Å². The second-order valence-corrected chi connectivity index (χ2v) is 8.63. The Morgan fingerprint density at radius 3 is 2.56 bits per heavy atom. The number of benzene rings is 2. The van der Waals surface area contributed by atoms with E-state index >= 15 is 0 Å². The molecular weight excluding hydrogens is 422 g/mol. The number of thioether (sulfide) groups is 1. The maximum absolute atomic E-state index is 13.3. The lowest BCUT2D eigenvalue weighted by atomic mass is 9.91. The van der Waals surface area contributed by atoms with Crippen molar-refractivity contribution < 1.29 is 14.3 Å². The molecule has 2 aliphatic rings. The molecule has 2 heterocycles. The third kappa shape index (κ3) is 4.58. The van der Waals surface area contributed by atoms with Gasteiger partial charge in [-0.15, -0.1) is 0 Å². The summed E-state index contributed by atoms with van der Waals surface area (Å²) in [6.45, 7) is 4.75. The van der Waals surface area contributed by atoms with Crippen molar-refractivity contribution in [2.24, 2.45) is 4.99 Å². The monoisotopic (exact) mass is 449 g/mol. The Balaban J connectivity index is 1.83. The summed E-state index contributed by atoms with van der Waals surface area (Å²) in [7, 11) is 0. The normalized spacial score (nSPS) is 18.0. The highest BCUT2D eigenvalue weighted by Crippen LogP contribution is 2.43. The number of nitrogens with one attached hydrogen (secondary N) is 1. The molecule has 1 amide bonds. The molecule has 0 spiro atoms. The molecule has 2 aromatic carbocycles. The average Bonchev–Trinajstić information content (AvgIpc) is 2.84. The van der Waals surface area contributed by atoms with Crippen molar-refractivity contribution in [2.45, 2.75) is 32.7 Å². The number of rotatable bonds is 6. The highest BCUT2D eigenvalue weighted by atomic mass is 32.2. The van der Waals surface area contributed by atoms with E-state index in [1.165, 1.54) is 0 Å². The first-order valence-corrected chi connectivity index (χ1v) is 12.0. The first-order chi connectivity index (χ1) is 15.6. The van der Waals surface area contributed by atoms with Gasteiger partial charge in [-0.25, -0.2) is 9.79 Å². The maximum atomic E-state index is 13.3. The third-order valence-corrected chi connectivity index (χ3v) is 6.52. The molecule has 0 aromatic heterocycles. The van der Waals surface area contributed by atoms with Gasteiger partial charge in [0.2, 0.25) is 5.91 Å². The van der Waals surface area contributed by atoms with Crippen molar-refractivity contribution >= 4 is 40.2 Å². The molecule has 1 unspecified atom stereocenters. The highest BCUT2D eigenvalue weighted by Gasteiger charge is 2.39. The number of fused-ring (bicyclic) bond motifs is 1. The first-order valence-electron chi connectivity index (χ1n) is 11.0. The van der Waals surface area contributed by atoms with Crippen LogP contribution in [-0.4, -0.2) is 40.8 Å². The van der Waals surface area contributed by atoms with E-state index in [9.17, 15) is 9.59 Å². The Morgan fingerprint density at radius 1 is 1.12 bits per heavy atom. The van der Waals surface area contributed by atoms with Gasteiger partial charge in [0.25, 0.3) is 0 Å². The summed E-state index contributed by atoms with van der Waals surface area (Å²) in [5, 5.41) is 3.81. The number of hydrogen-bond acceptors (Lipinski definition) is 6. The zero-order chi connectivity index (χ0) is 22.5. The molecule has 1 atom stereocenters. The molecule has 2 aliphatic heterocycles. The molecular formula is C25H27N3O3S. The van der Waals surface area contributed by atoms with Gasteiger partial charge in [-0.3, -0.25) is 4.79 Å². The van der Waals surface area contributed by atoms with Gasteiger partial charge in [0.05, 0.1) is 23.9 Å². The van der Waals surface area contributed by atoms with Crippen LogP contribution >= 0.6 is 11.8 Å². The van der Waals surface area contributed by atoms with Gasteiger partial charge in [-0.05, 0) is 31.0 Å². The van der Waals surface area contributed by atoms with E-state index in [1.54, 1.807) is 11.8 Å². The van der Waals surface area contributed by atoms with Gasteiger partial charge in [0, 0.05) is 30.0 Å². The number of carbonyl (C=O) groups excluding carboxylic acids is 2. The predicted octanol–water partition coefficient (Wildman–Crippen LogP) is 4.86. The fourth-order valence-corrected chi connectivity index (χ4v) is 4.91. The topological polar surface area (TPSA) is 71.0 Å². The minimum absolute atomic E-state index is 0.0317. The lowest BCUT2D eigenvalue weighted by Crippen LogP contribution is -2.42. The van der Waals surface area contributed by atoms with Crippen molar-refractivity contribution in [3.63, 3.8) is 0 Å². The first kappa shape index (κ1) is 22.1.